The lowest BCUT2D eigenvalue weighted by Gasteiger charge is -2.21. The van der Waals surface area contributed by atoms with Gasteiger partial charge in [-0.2, -0.15) is 0 Å². The summed E-state index contributed by atoms with van der Waals surface area (Å²) in [6.07, 6.45) is 8.70. The fraction of sp³-hybridized carbons (Fsp3) is 0.714. The highest BCUT2D eigenvalue weighted by Crippen LogP contribution is 2.27. The summed E-state index contributed by atoms with van der Waals surface area (Å²) >= 11 is 1.38. The Kier molecular flexibility index (Phi) is 5.80. The van der Waals surface area contributed by atoms with Crippen LogP contribution in [-0.4, -0.2) is 32.1 Å². The van der Waals surface area contributed by atoms with Crippen LogP contribution in [0.2, 0.25) is 0 Å². The van der Waals surface area contributed by atoms with Gasteiger partial charge in [0.05, 0.1) is 6.26 Å². The molecular formula is C14H23N3O3S2. The van der Waals surface area contributed by atoms with Gasteiger partial charge in [0.2, 0.25) is 10.0 Å². The van der Waals surface area contributed by atoms with E-state index >= 15 is 0 Å². The van der Waals surface area contributed by atoms with E-state index in [1.165, 1.54) is 43.4 Å². The van der Waals surface area contributed by atoms with Crippen molar-refractivity contribution in [3.05, 3.63) is 10.6 Å². The molecule has 124 valence electrons. The van der Waals surface area contributed by atoms with Gasteiger partial charge in [0.1, 0.15) is 5.69 Å². The summed E-state index contributed by atoms with van der Waals surface area (Å²) in [5.41, 5.74) is 0.176. The molecule has 6 nitrogen and oxygen atoms in total. The van der Waals surface area contributed by atoms with Gasteiger partial charge < -0.3 is 5.32 Å². The first kappa shape index (κ1) is 17.2. The van der Waals surface area contributed by atoms with Gasteiger partial charge in [-0.25, -0.2) is 18.1 Å². The Hall–Kier alpha value is -1.15. The number of nitrogens with zero attached hydrogens (tertiary/aromatic N) is 1. The van der Waals surface area contributed by atoms with Gasteiger partial charge in [-0.3, -0.25) is 4.79 Å². The number of thiazole rings is 1. The second-order valence-corrected chi connectivity index (χ2v) is 8.80. The van der Waals surface area contributed by atoms with Crippen molar-refractivity contribution in [3.8, 4) is 0 Å². The van der Waals surface area contributed by atoms with Gasteiger partial charge in [-0.1, -0.05) is 32.1 Å². The van der Waals surface area contributed by atoms with Crippen molar-refractivity contribution in [2.24, 2.45) is 5.92 Å². The van der Waals surface area contributed by atoms with E-state index in [1.807, 2.05) is 4.72 Å². The number of nitrogens with one attached hydrogen (secondary N) is 2. The lowest BCUT2D eigenvalue weighted by atomic mass is 9.87. The average molecular weight is 345 g/mol. The third kappa shape index (κ3) is 5.24. The van der Waals surface area contributed by atoms with Crippen LogP contribution in [0.15, 0.2) is 0 Å². The predicted octanol–water partition coefficient (Wildman–Crippen LogP) is 2.52. The van der Waals surface area contributed by atoms with E-state index in [4.69, 9.17) is 0 Å². The van der Waals surface area contributed by atoms with Crippen molar-refractivity contribution < 1.29 is 13.2 Å². The average Bonchev–Trinajstić information content (AvgIpc) is 2.79. The third-order valence-electron chi connectivity index (χ3n) is 3.84. The highest BCUT2D eigenvalue weighted by atomic mass is 32.2. The Bertz CT molecular complexity index is 619. The van der Waals surface area contributed by atoms with Crippen LogP contribution in [0.1, 0.15) is 53.9 Å². The zero-order chi connectivity index (χ0) is 16.2. The van der Waals surface area contributed by atoms with Crippen molar-refractivity contribution in [2.75, 3.05) is 18.1 Å². The summed E-state index contributed by atoms with van der Waals surface area (Å²) in [7, 11) is -3.57. The number of hydrogen-bond acceptors (Lipinski definition) is 6. The van der Waals surface area contributed by atoms with Crippen LogP contribution in [0.3, 0.4) is 0 Å². The van der Waals surface area contributed by atoms with Gasteiger partial charge >= 0.3 is 0 Å². The SMILES string of the molecule is Cc1sc(NCCC2CCCCC2)nc1C(=O)NS(C)(=O)=O. The summed E-state index contributed by atoms with van der Waals surface area (Å²) in [5.74, 6) is 0.117. The smallest absolute Gasteiger partial charge is 0.284 e. The predicted molar refractivity (Wildman–Crippen MR) is 88.8 cm³/mol. The minimum absolute atomic E-state index is 0.176. The molecule has 1 heterocycles. The number of aromatic nitrogens is 1. The van der Waals surface area contributed by atoms with E-state index in [-0.39, 0.29) is 5.69 Å². The quantitative estimate of drug-likeness (QED) is 0.827. The molecule has 0 saturated heterocycles. The van der Waals surface area contributed by atoms with Gasteiger partial charge in [-0.05, 0) is 19.3 Å². The van der Waals surface area contributed by atoms with E-state index in [0.717, 1.165) is 25.1 Å². The number of sulfonamides is 1. The molecule has 1 aliphatic carbocycles. The van der Waals surface area contributed by atoms with Crippen LogP contribution in [0.25, 0.3) is 0 Å². The zero-order valence-electron chi connectivity index (χ0n) is 13.0. The molecule has 2 rings (SSSR count). The molecule has 0 unspecified atom stereocenters. The van der Waals surface area contributed by atoms with Crippen LogP contribution in [0, 0.1) is 12.8 Å². The van der Waals surface area contributed by atoms with E-state index in [2.05, 4.69) is 10.3 Å². The highest BCUT2D eigenvalue weighted by molar-refractivity contribution is 7.89. The number of carbonyl (C=O) groups is 1. The largest absolute Gasteiger partial charge is 0.361 e. The molecule has 0 aliphatic heterocycles. The number of anilines is 1. The van der Waals surface area contributed by atoms with Crippen molar-refractivity contribution in [3.63, 3.8) is 0 Å². The summed E-state index contributed by atoms with van der Waals surface area (Å²) in [6.45, 7) is 2.60. The highest BCUT2D eigenvalue weighted by Gasteiger charge is 2.19. The van der Waals surface area contributed by atoms with E-state index < -0.39 is 15.9 Å². The van der Waals surface area contributed by atoms with Crippen molar-refractivity contribution in [1.29, 1.82) is 0 Å². The third-order valence-corrected chi connectivity index (χ3v) is 5.33. The fourth-order valence-corrected chi connectivity index (χ4v) is 4.03. The molecule has 1 aromatic heterocycles. The molecule has 0 aromatic carbocycles. The Morgan fingerprint density at radius 3 is 2.64 bits per heavy atom. The van der Waals surface area contributed by atoms with Gasteiger partial charge in [0.25, 0.3) is 5.91 Å². The first-order valence-corrected chi connectivity index (χ1v) is 10.3. The second kappa shape index (κ2) is 7.41. The minimum atomic E-state index is -3.57. The monoisotopic (exact) mass is 345 g/mol. The van der Waals surface area contributed by atoms with Crippen LogP contribution in [0.4, 0.5) is 5.13 Å². The van der Waals surface area contributed by atoms with Gasteiger partial charge in [0, 0.05) is 11.4 Å². The topological polar surface area (TPSA) is 88.2 Å². The molecule has 1 saturated carbocycles. The van der Waals surface area contributed by atoms with Crippen molar-refractivity contribution in [2.45, 2.75) is 45.4 Å². The number of aryl methyl sites for hydroxylation is 1. The summed E-state index contributed by atoms with van der Waals surface area (Å²) in [5, 5.41) is 3.92. The standard InChI is InChI=1S/C14H23N3O3S2/c1-10-12(13(18)17-22(2,19)20)16-14(21-10)15-9-8-11-6-4-3-5-7-11/h11H,3-9H2,1-2H3,(H,15,16)(H,17,18). The number of amides is 1. The van der Waals surface area contributed by atoms with Crippen LogP contribution in [-0.2, 0) is 10.0 Å². The lowest BCUT2D eigenvalue weighted by Crippen LogP contribution is -2.30. The molecule has 1 aromatic rings. The zero-order valence-corrected chi connectivity index (χ0v) is 14.6. The van der Waals surface area contributed by atoms with Crippen molar-refractivity contribution >= 4 is 32.4 Å². The molecule has 0 spiro atoms. The van der Waals surface area contributed by atoms with E-state index in [0.29, 0.717) is 10.0 Å². The summed E-state index contributed by atoms with van der Waals surface area (Å²) in [6, 6.07) is 0. The number of rotatable bonds is 6. The van der Waals surface area contributed by atoms with Gasteiger partial charge in [0.15, 0.2) is 5.13 Å². The minimum Gasteiger partial charge on any atom is -0.361 e. The fourth-order valence-electron chi connectivity index (χ4n) is 2.76. The first-order chi connectivity index (χ1) is 10.3. The first-order valence-electron chi connectivity index (χ1n) is 7.58. The lowest BCUT2D eigenvalue weighted by molar-refractivity contribution is 0.0977. The Morgan fingerprint density at radius 2 is 2.00 bits per heavy atom. The van der Waals surface area contributed by atoms with Gasteiger partial charge in [-0.15, -0.1) is 11.3 Å². The molecular weight excluding hydrogens is 322 g/mol. The molecule has 0 radical (unpaired) electrons. The van der Waals surface area contributed by atoms with Crippen LogP contribution < -0.4 is 10.0 Å². The Labute approximate surface area is 135 Å². The van der Waals surface area contributed by atoms with E-state index in [9.17, 15) is 13.2 Å². The molecule has 0 bridgehead atoms. The number of hydrogen-bond donors (Lipinski definition) is 2. The summed E-state index contributed by atoms with van der Waals surface area (Å²) in [4.78, 5) is 16.8. The van der Waals surface area contributed by atoms with Crippen LogP contribution >= 0.6 is 11.3 Å². The molecule has 8 heteroatoms. The normalized spacial score (nSPS) is 16.5. The molecule has 0 atom stereocenters. The summed E-state index contributed by atoms with van der Waals surface area (Å²) < 4.78 is 24.2. The molecule has 22 heavy (non-hydrogen) atoms. The molecule has 2 N–H and O–H groups in total. The Morgan fingerprint density at radius 1 is 1.32 bits per heavy atom. The Balaban J connectivity index is 1.87. The van der Waals surface area contributed by atoms with Crippen LogP contribution in [0.5, 0.6) is 0 Å². The number of carbonyl (C=O) groups excluding carboxylic acids is 1. The van der Waals surface area contributed by atoms with E-state index in [1.54, 1.807) is 6.92 Å². The maximum absolute atomic E-state index is 11.8. The molecule has 1 fully saturated rings. The maximum Gasteiger partial charge on any atom is 0.284 e. The van der Waals surface area contributed by atoms with Crippen molar-refractivity contribution in [1.82, 2.24) is 9.71 Å². The second-order valence-electron chi connectivity index (χ2n) is 5.85. The molecule has 1 amide bonds. The molecule has 1 aliphatic rings. The maximum atomic E-state index is 11.8.